The lowest BCUT2D eigenvalue weighted by Crippen LogP contribution is -2.07. The molecular formula is C12H14N6. The molecule has 6 heteroatoms. The SMILES string of the molecule is C=CCNc1ncnc(Nc2ccncc2)c1N. The maximum atomic E-state index is 5.97. The Morgan fingerprint density at radius 2 is 1.94 bits per heavy atom. The van der Waals surface area contributed by atoms with Crippen molar-refractivity contribution in [2.75, 3.05) is 22.9 Å². The third-order valence-electron chi connectivity index (χ3n) is 2.24. The summed E-state index contributed by atoms with van der Waals surface area (Å²) in [5.41, 5.74) is 7.31. The predicted molar refractivity (Wildman–Crippen MR) is 72.7 cm³/mol. The molecule has 92 valence electrons. The Morgan fingerprint density at radius 3 is 2.67 bits per heavy atom. The number of hydrogen-bond acceptors (Lipinski definition) is 6. The van der Waals surface area contributed by atoms with Crippen LogP contribution in [0, 0.1) is 0 Å². The summed E-state index contributed by atoms with van der Waals surface area (Å²) in [7, 11) is 0. The van der Waals surface area contributed by atoms with Crippen LogP contribution in [-0.4, -0.2) is 21.5 Å². The number of nitrogens with zero attached hydrogens (tertiary/aromatic N) is 3. The summed E-state index contributed by atoms with van der Waals surface area (Å²) in [6.07, 6.45) is 6.57. The Hall–Kier alpha value is -2.63. The van der Waals surface area contributed by atoms with E-state index in [-0.39, 0.29) is 0 Å². The van der Waals surface area contributed by atoms with Gasteiger partial charge in [0, 0.05) is 24.6 Å². The van der Waals surface area contributed by atoms with E-state index >= 15 is 0 Å². The van der Waals surface area contributed by atoms with Crippen LogP contribution in [0.5, 0.6) is 0 Å². The Bertz CT molecular complexity index is 525. The average molecular weight is 242 g/mol. The van der Waals surface area contributed by atoms with Crippen molar-refractivity contribution >= 4 is 23.0 Å². The predicted octanol–water partition coefficient (Wildman–Crippen LogP) is 1.80. The molecule has 0 unspecified atom stereocenters. The van der Waals surface area contributed by atoms with E-state index < -0.39 is 0 Å². The summed E-state index contributed by atoms with van der Waals surface area (Å²) < 4.78 is 0. The number of aromatic nitrogens is 3. The van der Waals surface area contributed by atoms with Gasteiger partial charge in [-0.15, -0.1) is 6.58 Å². The number of nitrogen functional groups attached to an aromatic ring is 1. The van der Waals surface area contributed by atoms with Gasteiger partial charge >= 0.3 is 0 Å². The van der Waals surface area contributed by atoms with Gasteiger partial charge < -0.3 is 16.4 Å². The minimum Gasteiger partial charge on any atom is -0.393 e. The van der Waals surface area contributed by atoms with Crippen LogP contribution in [0.3, 0.4) is 0 Å². The molecule has 2 aromatic rings. The molecule has 0 saturated carbocycles. The minimum atomic E-state index is 0.469. The lowest BCUT2D eigenvalue weighted by Gasteiger charge is -2.11. The molecule has 0 amide bonds. The molecule has 0 aliphatic heterocycles. The Labute approximate surface area is 105 Å². The van der Waals surface area contributed by atoms with E-state index in [0.29, 0.717) is 23.9 Å². The molecular weight excluding hydrogens is 228 g/mol. The van der Waals surface area contributed by atoms with Crippen LogP contribution in [0.15, 0.2) is 43.5 Å². The zero-order valence-corrected chi connectivity index (χ0v) is 9.80. The summed E-state index contributed by atoms with van der Waals surface area (Å²) >= 11 is 0. The van der Waals surface area contributed by atoms with Crippen molar-refractivity contribution in [1.29, 1.82) is 0 Å². The minimum absolute atomic E-state index is 0.469. The van der Waals surface area contributed by atoms with E-state index in [9.17, 15) is 0 Å². The summed E-state index contributed by atoms with van der Waals surface area (Å²) in [5, 5.41) is 6.15. The highest BCUT2D eigenvalue weighted by atomic mass is 15.1. The van der Waals surface area contributed by atoms with Crippen molar-refractivity contribution in [2.45, 2.75) is 0 Å². The molecule has 0 fully saturated rings. The van der Waals surface area contributed by atoms with Gasteiger partial charge in [-0.25, -0.2) is 9.97 Å². The van der Waals surface area contributed by atoms with Crippen molar-refractivity contribution < 1.29 is 0 Å². The molecule has 2 aromatic heterocycles. The Morgan fingerprint density at radius 1 is 1.22 bits per heavy atom. The van der Waals surface area contributed by atoms with E-state index in [4.69, 9.17) is 5.73 Å². The maximum Gasteiger partial charge on any atom is 0.159 e. The number of nitrogens with two attached hydrogens (primary N) is 1. The molecule has 0 atom stereocenters. The first-order valence-corrected chi connectivity index (χ1v) is 5.43. The van der Waals surface area contributed by atoms with Gasteiger partial charge in [0.1, 0.15) is 12.0 Å². The second-order valence-corrected chi connectivity index (χ2v) is 3.52. The average Bonchev–Trinajstić information content (AvgIpc) is 2.41. The second-order valence-electron chi connectivity index (χ2n) is 3.52. The fraction of sp³-hybridized carbons (Fsp3) is 0.0833. The van der Waals surface area contributed by atoms with Gasteiger partial charge in [-0.2, -0.15) is 0 Å². The molecule has 0 aliphatic carbocycles. The van der Waals surface area contributed by atoms with E-state index in [2.05, 4.69) is 32.2 Å². The first kappa shape index (κ1) is 11.8. The monoisotopic (exact) mass is 242 g/mol. The van der Waals surface area contributed by atoms with Gasteiger partial charge in [-0.05, 0) is 12.1 Å². The van der Waals surface area contributed by atoms with Gasteiger partial charge in [-0.3, -0.25) is 4.98 Å². The second kappa shape index (κ2) is 5.62. The molecule has 2 heterocycles. The van der Waals surface area contributed by atoms with Crippen molar-refractivity contribution in [1.82, 2.24) is 15.0 Å². The standard InChI is InChI=1S/C12H14N6/c1-2-5-15-11-10(13)12(17-8-16-11)18-9-3-6-14-7-4-9/h2-4,6-8H,1,5,13H2,(H2,14,15,16,17,18). The molecule has 2 rings (SSSR count). The van der Waals surface area contributed by atoms with Crippen LogP contribution in [-0.2, 0) is 0 Å². The highest BCUT2D eigenvalue weighted by Gasteiger charge is 2.07. The van der Waals surface area contributed by atoms with Crippen LogP contribution < -0.4 is 16.4 Å². The summed E-state index contributed by atoms with van der Waals surface area (Å²) in [4.78, 5) is 12.1. The molecule has 6 nitrogen and oxygen atoms in total. The highest BCUT2D eigenvalue weighted by Crippen LogP contribution is 2.25. The van der Waals surface area contributed by atoms with Crippen molar-refractivity contribution in [2.24, 2.45) is 0 Å². The smallest absolute Gasteiger partial charge is 0.159 e. The van der Waals surface area contributed by atoms with Gasteiger partial charge in [-0.1, -0.05) is 6.08 Å². The Balaban J connectivity index is 2.20. The zero-order chi connectivity index (χ0) is 12.8. The van der Waals surface area contributed by atoms with E-state index in [1.54, 1.807) is 18.5 Å². The number of pyridine rings is 1. The normalized spacial score (nSPS) is 9.78. The largest absolute Gasteiger partial charge is 0.393 e. The lowest BCUT2D eigenvalue weighted by atomic mass is 10.3. The quantitative estimate of drug-likeness (QED) is 0.693. The summed E-state index contributed by atoms with van der Waals surface area (Å²) in [6, 6.07) is 3.66. The third kappa shape index (κ3) is 2.73. The van der Waals surface area contributed by atoms with Gasteiger partial charge in [0.2, 0.25) is 0 Å². The molecule has 0 radical (unpaired) electrons. The molecule has 4 N–H and O–H groups in total. The number of anilines is 4. The maximum absolute atomic E-state index is 5.97. The summed E-state index contributed by atoms with van der Waals surface area (Å²) in [6.45, 7) is 4.22. The zero-order valence-electron chi connectivity index (χ0n) is 9.80. The molecule has 0 saturated heterocycles. The van der Waals surface area contributed by atoms with Gasteiger partial charge in [0.15, 0.2) is 11.6 Å². The molecule has 0 aliphatic rings. The van der Waals surface area contributed by atoms with Crippen molar-refractivity contribution in [3.05, 3.63) is 43.5 Å². The topological polar surface area (TPSA) is 88.8 Å². The van der Waals surface area contributed by atoms with E-state index in [1.807, 2.05) is 12.1 Å². The number of rotatable bonds is 5. The first-order chi connectivity index (χ1) is 8.81. The third-order valence-corrected chi connectivity index (χ3v) is 2.24. The van der Waals surface area contributed by atoms with Crippen molar-refractivity contribution in [3.8, 4) is 0 Å². The van der Waals surface area contributed by atoms with E-state index in [0.717, 1.165) is 5.69 Å². The van der Waals surface area contributed by atoms with E-state index in [1.165, 1.54) is 6.33 Å². The first-order valence-electron chi connectivity index (χ1n) is 5.43. The molecule has 18 heavy (non-hydrogen) atoms. The van der Waals surface area contributed by atoms with Gasteiger partial charge in [0.05, 0.1) is 0 Å². The number of hydrogen-bond donors (Lipinski definition) is 3. The fourth-order valence-electron chi connectivity index (χ4n) is 1.38. The Kier molecular flexibility index (Phi) is 3.70. The number of nitrogens with one attached hydrogen (secondary N) is 2. The fourth-order valence-corrected chi connectivity index (χ4v) is 1.38. The molecule has 0 bridgehead atoms. The van der Waals surface area contributed by atoms with Crippen LogP contribution >= 0.6 is 0 Å². The lowest BCUT2D eigenvalue weighted by molar-refractivity contribution is 1.14. The highest BCUT2D eigenvalue weighted by molar-refractivity contribution is 5.77. The van der Waals surface area contributed by atoms with Crippen LogP contribution in [0.1, 0.15) is 0 Å². The van der Waals surface area contributed by atoms with Crippen LogP contribution in [0.2, 0.25) is 0 Å². The van der Waals surface area contributed by atoms with Crippen LogP contribution in [0.4, 0.5) is 23.0 Å². The van der Waals surface area contributed by atoms with Gasteiger partial charge in [0.25, 0.3) is 0 Å². The van der Waals surface area contributed by atoms with Crippen molar-refractivity contribution in [3.63, 3.8) is 0 Å². The molecule has 0 spiro atoms. The van der Waals surface area contributed by atoms with Crippen LogP contribution in [0.25, 0.3) is 0 Å². The molecule has 0 aromatic carbocycles. The summed E-state index contributed by atoms with van der Waals surface area (Å²) in [5.74, 6) is 1.14.